The van der Waals surface area contributed by atoms with Gasteiger partial charge >= 0.3 is 6.09 Å². The minimum absolute atomic E-state index is 0.197. The van der Waals surface area contributed by atoms with Gasteiger partial charge in [0.25, 0.3) is 0 Å². The first-order chi connectivity index (χ1) is 13.8. The molecule has 0 bridgehead atoms. The molecule has 1 fully saturated rings. The maximum absolute atomic E-state index is 12.0. The van der Waals surface area contributed by atoms with Crippen LogP contribution >= 0.6 is 0 Å². The average Bonchev–Trinajstić information content (AvgIpc) is 2.69. The lowest BCUT2D eigenvalue weighted by Crippen LogP contribution is -2.51. The van der Waals surface area contributed by atoms with E-state index >= 15 is 0 Å². The molecular formula is C22H33N3O4. The van der Waals surface area contributed by atoms with Gasteiger partial charge in [-0.15, -0.1) is 0 Å². The predicted octanol–water partition coefficient (Wildman–Crippen LogP) is 3.33. The molecule has 2 rings (SSSR count). The normalized spacial score (nSPS) is 20.0. The Labute approximate surface area is 173 Å². The van der Waals surface area contributed by atoms with Gasteiger partial charge in [-0.1, -0.05) is 6.07 Å². The summed E-state index contributed by atoms with van der Waals surface area (Å²) in [6.45, 7) is 8.45. The van der Waals surface area contributed by atoms with E-state index in [0.29, 0.717) is 24.5 Å². The summed E-state index contributed by atoms with van der Waals surface area (Å²) in [6.07, 6.45) is 2.53. The van der Waals surface area contributed by atoms with Gasteiger partial charge in [-0.05, 0) is 58.2 Å². The van der Waals surface area contributed by atoms with Gasteiger partial charge in [0.05, 0.1) is 24.3 Å². The minimum Gasteiger partial charge on any atom is -0.494 e. The van der Waals surface area contributed by atoms with E-state index in [-0.39, 0.29) is 12.1 Å². The van der Waals surface area contributed by atoms with E-state index in [4.69, 9.17) is 19.5 Å². The molecule has 2 unspecified atom stereocenters. The van der Waals surface area contributed by atoms with Gasteiger partial charge in [-0.3, -0.25) is 4.90 Å². The number of rotatable bonds is 8. The van der Waals surface area contributed by atoms with E-state index in [1.807, 2.05) is 32.9 Å². The Morgan fingerprint density at radius 1 is 1.38 bits per heavy atom. The molecule has 2 atom stereocenters. The van der Waals surface area contributed by atoms with Crippen LogP contribution in [0.3, 0.4) is 0 Å². The summed E-state index contributed by atoms with van der Waals surface area (Å²) in [7, 11) is 1.74. The van der Waals surface area contributed by atoms with Crippen molar-refractivity contribution in [1.82, 2.24) is 10.2 Å². The highest BCUT2D eigenvalue weighted by atomic mass is 16.6. The summed E-state index contributed by atoms with van der Waals surface area (Å²) < 4.78 is 16.7. The van der Waals surface area contributed by atoms with E-state index in [1.54, 1.807) is 19.2 Å². The number of alkyl carbamates (subject to hydrolysis) is 1. The average molecular weight is 404 g/mol. The van der Waals surface area contributed by atoms with Crippen molar-refractivity contribution >= 4 is 6.09 Å². The van der Waals surface area contributed by atoms with Crippen molar-refractivity contribution < 1.29 is 19.0 Å². The van der Waals surface area contributed by atoms with Crippen LogP contribution < -0.4 is 10.1 Å². The lowest BCUT2D eigenvalue weighted by Gasteiger charge is -2.39. The van der Waals surface area contributed by atoms with Crippen LogP contribution in [-0.4, -0.2) is 62.1 Å². The number of methoxy groups -OCH3 is 1. The molecule has 1 amide bonds. The van der Waals surface area contributed by atoms with Crippen molar-refractivity contribution in [3.05, 3.63) is 29.8 Å². The van der Waals surface area contributed by atoms with E-state index in [0.717, 1.165) is 32.4 Å². The number of nitrogens with zero attached hydrogens (tertiary/aromatic N) is 2. The Bertz CT molecular complexity index is 696. The Balaban J connectivity index is 1.81. The molecule has 1 aliphatic heterocycles. The number of hydrogen-bond donors (Lipinski definition) is 1. The van der Waals surface area contributed by atoms with Crippen LogP contribution in [0, 0.1) is 11.3 Å². The number of nitriles is 1. The Hall–Kier alpha value is -2.30. The van der Waals surface area contributed by atoms with Gasteiger partial charge in [0.15, 0.2) is 0 Å². The number of ether oxygens (including phenoxy) is 3. The van der Waals surface area contributed by atoms with Crippen molar-refractivity contribution in [3.8, 4) is 11.8 Å². The number of carbonyl (C=O) groups excluding carboxylic acids is 1. The smallest absolute Gasteiger partial charge is 0.407 e. The third-order valence-corrected chi connectivity index (χ3v) is 4.83. The van der Waals surface area contributed by atoms with Gasteiger partial charge in [0.1, 0.15) is 11.4 Å². The molecule has 0 radical (unpaired) electrons. The number of benzene rings is 1. The number of likely N-dealkylation sites (tertiary alicyclic amines) is 1. The second-order valence-corrected chi connectivity index (χ2v) is 8.30. The SMILES string of the molecule is COC1CCN(CCCOc2cccc(C#N)c2)C(CNC(=O)OC(C)(C)C)C1. The molecule has 0 aliphatic carbocycles. The number of carbonyl (C=O) groups is 1. The third kappa shape index (κ3) is 8.30. The van der Waals surface area contributed by atoms with Crippen LogP contribution in [0.2, 0.25) is 0 Å². The first-order valence-corrected chi connectivity index (χ1v) is 10.2. The minimum atomic E-state index is -0.508. The molecule has 0 aromatic heterocycles. The van der Waals surface area contributed by atoms with Crippen LogP contribution in [0.5, 0.6) is 5.75 Å². The zero-order chi connectivity index (χ0) is 21.3. The maximum atomic E-state index is 12.0. The number of amides is 1. The quantitative estimate of drug-likeness (QED) is 0.670. The van der Waals surface area contributed by atoms with Crippen molar-refractivity contribution in [2.45, 2.75) is 57.8 Å². The lowest BCUT2D eigenvalue weighted by molar-refractivity contribution is 0.00712. The fourth-order valence-electron chi connectivity index (χ4n) is 3.41. The summed E-state index contributed by atoms with van der Waals surface area (Å²) in [4.78, 5) is 14.4. The number of hydrogen-bond acceptors (Lipinski definition) is 6. The Kier molecular flexibility index (Phi) is 8.74. The van der Waals surface area contributed by atoms with Gasteiger partial charge in [0.2, 0.25) is 0 Å². The highest BCUT2D eigenvalue weighted by molar-refractivity contribution is 5.67. The number of nitrogens with one attached hydrogen (secondary N) is 1. The predicted molar refractivity (Wildman–Crippen MR) is 111 cm³/mol. The zero-order valence-corrected chi connectivity index (χ0v) is 17.9. The van der Waals surface area contributed by atoms with Crippen LogP contribution in [0.15, 0.2) is 24.3 Å². The first kappa shape index (κ1) is 23.0. The van der Waals surface area contributed by atoms with Crippen molar-refractivity contribution in [3.63, 3.8) is 0 Å². The highest BCUT2D eigenvalue weighted by Gasteiger charge is 2.29. The Morgan fingerprint density at radius 3 is 2.86 bits per heavy atom. The molecule has 1 aromatic rings. The molecule has 7 heteroatoms. The van der Waals surface area contributed by atoms with E-state index in [1.165, 1.54) is 0 Å². The fraction of sp³-hybridized carbons (Fsp3) is 0.636. The maximum Gasteiger partial charge on any atom is 0.407 e. The van der Waals surface area contributed by atoms with Gasteiger partial charge in [0, 0.05) is 32.8 Å². The summed E-state index contributed by atoms with van der Waals surface area (Å²) in [6, 6.07) is 9.50. The standard InChI is InChI=1S/C22H33N3O4/c1-22(2,3)29-21(26)24-16-18-14-19(27-4)9-11-25(18)10-6-12-28-20-8-5-7-17(13-20)15-23/h5,7-8,13,18-19H,6,9-12,14,16H2,1-4H3,(H,24,26). The Morgan fingerprint density at radius 2 is 2.17 bits per heavy atom. The first-order valence-electron chi connectivity index (χ1n) is 10.2. The molecule has 1 heterocycles. The largest absolute Gasteiger partial charge is 0.494 e. The van der Waals surface area contributed by atoms with Gasteiger partial charge in [-0.25, -0.2) is 4.79 Å². The van der Waals surface area contributed by atoms with Crippen LogP contribution in [0.4, 0.5) is 4.79 Å². The fourth-order valence-corrected chi connectivity index (χ4v) is 3.41. The topological polar surface area (TPSA) is 83.8 Å². The molecule has 160 valence electrons. The summed E-state index contributed by atoms with van der Waals surface area (Å²) in [5.74, 6) is 0.713. The summed E-state index contributed by atoms with van der Waals surface area (Å²) in [5.41, 5.74) is 0.0865. The summed E-state index contributed by atoms with van der Waals surface area (Å²) >= 11 is 0. The second-order valence-electron chi connectivity index (χ2n) is 8.30. The molecular weight excluding hydrogens is 370 g/mol. The van der Waals surface area contributed by atoms with Crippen molar-refractivity contribution in [2.24, 2.45) is 0 Å². The molecule has 0 spiro atoms. The molecule has 1 saturated heterocycles. The van der Waals surface area contributed by atoms with Crippen LogP contribution in [0.1, 0.15) is 45.6 Å². The highest BCUT2D eigenvalue weighted by Crippen LogP contribution is 2.20. The lowest BCUT2D eigenvalue weighted by atomic mass is 9.99. The monoisotopic (exact) mass is 403 g/mol. The van der Waals surface area contributed by atoms with Gasteiger partial charge in [-0.2, -0.15) is 5.26 Å². The van der Waals surface area contributed by atoms with Crippen LogP contribution in [0.25, 0.3) is 0 Å². The van der Waals surface area contributed by atoms with Crippen molar-refractivity contribution in [1.29, 1.82) is 5.26 Å². The van der Waals surface area contributed by atoms with E-state index in [2.05, 4.69) is 16.3 Å². The van der Waals surface area contributed by atoms with E-state index < -0.39 is 11.7 Å². The van der Waals surface area contributed by atoms with E-state index in [9.17, 15) is 4.79 Å². The van der Waals surface area contributed by atoms with Gasteiger partial charge < -0.3 is 19.5 Å². The number of piperidine rings is 1. The third-order valence-electron chi connectivity index (χ3n) is 4.83. The molecule has 7 nitrogen and oxygen atoms in total. The zero-order valence-electron chi connectivity index (χ0n) is 17.9. The van der Waals surface area contributed by atoms with Crippen molar-refractivity contribution in [2.75, 3.05) is 33.4 Å². The molecule has 0 saturated carbocycles. The molecule has 1 N–H and O–H groups in total. The molecule has 1 aliphatic rings. The summed E-state index contributed by atoms with van der Waals surface area (Å²) in [5, 5.41) is 11.9. The molecule has 29 heavy (non-hydrogen) atoms. The van der Waals surface area contributed by atoms with Crippen LogP contribution in [-0.2, 0) is 9.47 Å². The molecule has 1 aromatic carbocycles. The second kappa shape index (κ2) is 11.0.